The number of nitrogens with zero attached hydrogens (tertiary/aromatic N) is 4. The number of H-pyrrole nitrogens is 1. The lowest BCUT2D eigenvalue weighted by Crippen LogP contribution is -2.40. The number of methoxy groups -OCH3 is 1. The normalized spacial score (nSPS) is 21.0. The van der Waals surface area contributed by atoms with Crippen molar-refractivity contribution in [1.29, 1.82) is 0 Å². The van der Waals surface area contributed by atoms with Crippen molar-refractivity contribution in [2.75, 3.05) is 32.1 Å². The fourth-order valence-corrected chi connectivity index (χ4v) is 6.00. The van der Waals surface area contributed by atoms with Crippen molar-refractivity contribution in [3.05, 3.63) is 42.9 Å². The van der Waals surface area contributed by atoms with Crippen molar-refractivity contribution >= 4 is 26.9 Å². The van der Waals surface area contributed by atoms with E-state index in [1.54, 1.807) is 42.0 Å². The van der Waals surface area contributed by atoms with Gasteiger partial charge in [0.25, 0.3) is 0 Å². The second-order valence-electron chi connectivity index (χ2n) is 7.90. The molecular weight excluding hydrogens is 390 g/mol. The Morgan fingerprint density at radius 1 is 1.21 bits per heavy atom. The van der Waals surface area contributed by atoms with Crippen molar-refractivity contribution in [2.45, 2.75) is 23.8 Å². The molecule has 9 heteroatoms. The van der Waals surface area contributed by atoms with Gasteiger partial charge in [0.1, 0.15) is 23.5 Å². The molecule has 1 aromatic carbocycles. The summed E-state index contributed by atoms with van der Waals surface area (Å²) >= 11 is 0. The zero-order valence-corrected chi connectivity index (χ0v) is 17.2. The predicted octanol–water partition coefficient (Wildman–Crippen LogP) is 2.26. The van der Waals surface area contributed by atoms with Crippen LogP contribution in [0.2, 0.25) is 0 Å². The van der Waals surface area contributed by atoms with Gasteiger partial charge in [0.15, 0.2) is 0 Å². The van der Waals surface area contributed by atoms with Crippen molar-refractivity contribution in [2.24, 2.45) is 5.41 Å². The van der Waals surface area contributed by atoms with E-state index in [0.29, 0.717) is 23.7 Å². The molecule has 0 radical (unpaired) electrons. The summed E-state index contributed by atoms with van der Waals surface area (Å²) in [5, 5.41) is 0.947. The first-order chi connectivity index (χ1) is 13.9. The third kappa shape index (κ3) is 2.87. The molecule has 0 amide bonds. The number of aromatic nitrogens is 3. The summed E-state index contributed by atoms with van der Waals surface area (Å²) in [6.45, 7) is 0.985. The van der Waals surface area contributed by atoms with E-state index >= 15 is 0 Å². The van der Waals surface area contributed by atoms with Crippen LogP contribution in [-0.4, -0.2) is 61.0 Å². The minimum atomic E-state index is -3.56. The molecule has 1 saturated heterocycles. The number of sulfonamides is 1. The molecule has 2 aromatic heterocycles. The average Bonchev–Trinajstić information content (AvgIpc) is 3.16. The van der Waals surface area contributed by atoms with Gasteiger partial charge in [-0.15, -0.1) is 0 Å². The number of nitrogens with one attached hydrogen (secondary N) is 1. The minimum absolute atomic E-state index is 0.0120. The van der Waals surface area contributed by atoms with Crippen molar-refractivity contribution in [3.8, 4) is 5.75 Å². The van der Waals surface area contributed by atoms with E-state index in [1.807, 2.05) is 19.3 Å². The van der Waals surface area contributed by atoms with Gasteiger partial charge in [0, 0.05) is 31.7 Å². The van der Waals surface area contributed by atoms with Crippen molar-refractivity contribution < 1.29 is 13.2 Å². The van der Waals surface area contributed by atoms with Gasteiger partial charge >= 0.3 is 0 Å². The highest BCUT2D eigenvalue weighted by Crippen LogP contribution is 2.55. The monoisotopic (exact) mass is 413 g/mol. The molecule has 1 N–H and O–H groups in total. The first kappa shape index (κ1) is 18.4. The van der Waals surface area contributed by atoms with Crippen LogP contribution in [0.4, 0.5) is 5.82 Å². The Hall–Kier alpha value is -2.65. The molecule has 8 nitrogen and oxygen atoms in total. The number of hydrogen-bond donors (Lipinski definition) is 1. The molecule has 0 bridgehead atoms. The smallest absolute Gasteiger partial charge is 0.243 e. The second kappa shape index (κ2) is 6.43. The summed E-state index contributed by atoms with van der Waals surface area (Å²) in [5.74, 6) is 1.47. The molecule has 1 spiro atoms. The van der Waals surface area contributed by atoms with E-state index in [0.717, 1.165) is 29.7 Å². The Morgan fingerprint density at radius 2 is 1.97 bits per heavy atom. The molecular formula is C20H23N5O3S. The lowest BCUT2D eigenvalue weighted by molar-refractivity contribution is 0.414. The summed E-state index contributed by atoms with van der Waals surface area (Å²) in [6.07, 6.45) is 5.44. The molecule has 1 aliphatic heterocycles. The van der Waals surface area contributed by atoms with E-state index in [9.17, 15) is 8.42 Å². The fraction of sp³-hybridized carbons (Fsp3) is 0.400. The van der Waals surface area contributed by atoms with Crippen LogP contribution in [0.3, 0.4) is 0 Å². The fourth-order valence-electron chi connectivity index (χ4n) is 4.46. The number of likely N-dealkylation sites (N-methyl/N-ethyl adjacent to an activating group) is 1. The molecule has 1 atom stereocenters. The lowest BCUT2D eigenvalue weighted by Gasteiger charge is -2.30. The molecule has 152 valence electrons. The molecule has 3 heterocycles. The Labute approximate surface area is 169 Å². The van der Waals surface area contributed by atoms with Gasteiger partial charge < -0.3 is 14.6 Å². The maximum atomic E-state index is 13.3. The van der Waals surface area contributed by atoms with Gasteiger partial charge in [-0.3, -0.25) is 0 Å². The number of hydrogen-bond acceptors (Lipinski definition) is 6. The summed E-state index contributed by atoms with van der Waals surface area (Å²) < 4.78 is 33.3. The number of benzene rings is 1. The molecule has 2 aliphatic rings. The van der Waals surface area contributed by atoms with Gasteiger partial charge in [0.2, 0.25) is 10.0 Å². The molecule has 5 rings (SSSR count). The zero-order chi connectivity index (χ0) is 20.2. The molecule has 1 aliphatic carbocycles. The topological polar surface area (TPSA) is 91.4 Å². The van der Waals surface area contributed by atoms with Crippen LogP contribution >= 0.6 is 0 Å². The Balaban J connectivity index is 1.45. The third-order valence-corrected chi connectivity index (χ3v) is 8.12. The van der Waals surface area contributed by atoms with Crippen LogP contribution in [0, 0.1) is 5.41 Å². The molecule has 1 saturated carbocycles. The Kier molecular flexibility index (Phi) is 4.08. The lowest BCUT2D eigenvalue weighted by atomic mass is 9.99. The van der Waals surface area contributed by atoms with E-state index in [2.05, 4.69) is 19.9 Å². The number of rotatable bonds is 5. The van der Waals surface area contributed by atoms with Gasteiger partial charge in [0.05, 0.1) is 23.4 Å². The third-order valence-electron chi connectivity index (χ3n) is 6.30. The first-order valence-corrected chi connectivity index (χ1v) is 11.0. The molecule has 29 heavy (non-hydrogen) atoms. The average molecular weight is 414 g/mol. The van der Waals surface area contributed by atoms with Crippen LogP contribution in [0.1, 0.15) is 12.8 Å². The van der Waals surface area contributed by atoms with E-state index in [4.69, 9.17) is 4.74 Å². The maximum absolute atomic E-state index is 13.3. The van der Waals surface area contributed by atoms with Crippen LogP contribution in [0.5, 0.6) is 5.75 Å². The van der Waals surface area contributed by atoms with Crippen LogP contribution in [0.15, 0.2) is 47.8 Å². The Bertz CT molecular complexity index is 1150. The highest BCUT2D eigenvalue weighted by molar-refractivity contribution is 7.89. The summed E-state index contributed by atoms with van der Waals surface area (Å²) in [7, 11) is 0.00550. The second-order valence-corrected chi connectivity index (χ2v) is 9.84. The number of anilines is 1. The van der Waals surface area contributed by atoms with E-state index in [1.165, 1.54) is 0 Å². The molecule has 2 fully saturated rings. The largest absolute Gasteiger partial charge is 0.497 e. The highest BCUT2D eigenvalue weighted by atomic mass is 32.2. The zero-order valence-electron chi connectivity index (χ0n) is 16.4. The quantitative estimate of drug-likeness (QED) is 0.690. The van der Waals surface area contributed by atoms with Crippen molar-refractivity contribution in [3.63, 3.8) is 0 Å². The number of fused-ring (bicyclic) bond motifs is 1. The maximum Gasteiger partial charge on any atom is 0.243 e. The van der Waals surface area contributed by atoms with Crippen LogP contribution in [-0.2, 0) is 10.0 Å². The molecule has 3 aromatic rings. The van der Waals surface area contributed by atoms with Crippen molar-refractivity contribution in [1.82, 2.24) is 19.3 Å². The number of ether oxygens (including phenoxy) is 1. The van der Waals surface area contributed by atoms with Gasteiger partial charge in [-0.05, 0) is 43.2 Å². The first-order valence-electron chi connectivity index (χ1n) is 9.60. The SMILES string of the molecule is COc1ccc(S(=O)(=O)N2C[C@H](N(C)c3ncnc4[nH]ccc34)C3(CC3)C2)cc1. The predicted molar refractivity (Wildman–Crippen MR) is 109 cm³/mol. The Morgan fingerprint density at radius 3 is 2.66 bits per heavy atom. The highest BCUT2D eigenvalue weighted by Gasteiger charge is 2.59. The minimum Gasteiger partial charge on any atom is -0.497 e. The number of aromatic amines is 1. The summed E-state index contributed by atoms with van der Waals surface area (Å²) in [6, 6.07) is 8.62. The van der Waals surface area contributed by atoms with Gasteiger partial charge in [-0.1, -0.05) is 0 Å². The summed E-state index contributed by atoms with van der Waals surface area (Å²) in [5.41, 5.74) is 0.773. The van der Waals surface area contributed by atoms with Gasteiger partial charge in [-0.25, -0.2) is 18.4 Å². The standard InChI is InChI=1S/C20H23N5O3S/c1-24(19-16-7-10-21-18(16)22-13-23-19)17-11-25(12-20(17)8-9-20)29(26,27)15-5-3-14(28-2)4-6-15/h3-7,10,13,17H,8-9,11-12H2,1-2H3,(H,21,22,23)/t17-/m0/s1. The molecule has 0 unspecified atom stereocenters. The summed E-state index contributed by atoms with van der Waals surface area (Å²) in [4.78, 5) is 14.3. The van der Waals surface area contributed by atoms with E-state index in [-0.39, 0.29) is 11.5 Å². The van der Waals surface area contributed by atoms with Crippen LogP contribution in [0.25, 0.3) is 11.0 Å². The van der Waals surface area contributed by atoms with Crippen LogP contribution < -0.4 is 9.64 Å². The van der Waals surface area contributed by atoms with E-state index < -0.39 is 10.0 Å². The van der Waals surface area contributed by atoms with Gasteiger partial charge in [-0.2, -0.15) is 4.31 Å².